The molecule has 0 fully saturated rings. The number of aliphatic hydroxyl groups is 2. The fourth-order valence-corrected chi connectivity index (χ4v) is 2.24. The Morgan fingerprint density at radius 1 is 1.35 bits per heavy atom. The number of nitrogens with zero attached hydrogens (tertiary/aromatic N) is 2. The lowest BCUT2D eigenvalue weighted by Gasteiger charge is -2.29. The Morgan fingerprint density at radius 2 is 2.05 bits per heavy atom. The van der Waals surface area contributed by atoms with Crippen LogP contribution in [0, 0.1) is 11.2 Å². The van der Waals surface area contributed by atoms with E-state index in [4.69, 9.17) is 0 Å². The molecule has 20 heavy (non-hydrogen) atoms. The first-order valence-corrected chi connectivity index (χ1v) is 6.51. The van der Waals surface area contributed by atoms with Crippen molar-refractivity contribution in [3.63, 3.8) is 0 Å². The fourth-order valence-electron chi connectivity index (χ4n) is 2.24. The molecule has 1 aromatic carbocycles. The summed E-state index contributed by atoms with van der Waals surface area (Å²) in [5.74, 6) is 0.314. The number of H-pyrrole nitrogens is 1. The van der Waals surface area contributed by atoms with Crippen molar-refractivity contribution in [1.29, 1.82) is 0 Å². The molecule has 2 aromatic rings. The third-order valence-corrected chi connectivity index (χ3v) is 3.35. The third-order valence-electron chi connectivity index (χ3n) is 3.35. The summed E-state index contributed by atoms with van der Waals surface area (Å²) in [4.78, 5) is 9.24. The van der Waals surface area contributed by atoms with Gasteiger partial charge in [-0.1, -0.05) is 13.0 Å². The van der Waals surface area contributed by atoms with Gasteiger partial charge in [-0.05, 0) is 19.2 Å². The lowest BCUT2D eigenvalue weighted by atomic mass is 9.92. The van der Waals surface area contributed by atoms with Gasteiger partial charge in [-0.25, -0.2) is 9.37 Å². The second kappa shape index (κ2) is 5.87. The number of hydrogen-bond donors (Lipinski definition) is 3. The predicted molar refractivity (Wildman–Crippen MR) is 74.7 cm³/mol. The fraction of sp³-hybridized carbons (Fsp3) is 0.500. The van der Waals surface area contributed by atoms with E-state index in [1.807, 2.05) is 18.9 Å². The molecule has 0 aliphatic heterocycles. The van der Waals surface area contributed by atoms with Gasteiger partial charge < -0.3 is 15.2 Å². The molecule has 0 aliphatic carbocycles. The molecule has 0 atom stereocenters. The Balaban J connectivity index is 2.10. The van der Waals surface area contributed by atoms with Crippen LogP contribution in [0.1, 0.15) is 12.7 Å². The van der Waals surface area contributed by atoms with Gasteiger partial charge in [-0.15, -0.1) is 0 Å². The first-order valence-electron chi connectivity index (χ1n) is 6.51. The van der Waals surface area contributed by atoms with Crippen LogP contribution in [0.25, 0.3) is 11.0 Å². The quantitative estimate of drug-likeness (QED) is 0.742. The molecule has 0 saturated heterocycles. The number of rotatable bonds is 6. The van der Waals surface area contributed by atoms with E-state index in [9.17, 15) is 14.6 Å². The van der Waals surface area contributed by atoms with E-state index in [0.29, 0.717) is 29.9 Å². The summed E-state index contributed by atoms with van der Waals surface area (Å²) in [7, 11) is 1.87. The van der Waals surface area contributed by atoms with Gasteiger partial charge in [0.05, 0.1) is 25.3 Å². The Hall–Kier alpha value is -1.50. The van der Waals surface area contributed by atoms with Crippen molar-refractivity contribution in [3.05, 3.63) is 29.8 Å². The van der Waals surface area contributed by atoms with Gasteiger partial charge in [-0.3, -0.25) is 4.90 Å². The minimum absolute atomic E-state index is 0.0946. The second-order valence-corrected chi connectivity index (χ2v) is 5.62. The lowest BCUT2D eigenvalue weighted by molar-refractivity contribution is 0.0397. The van der Waals surface area contributed by atoms with Gasteiger partial charge in [0, 0.05) is 12.0 Å². The SMILES string of the molecule is CN(Cc1nc2c(F)cccc2[nH]1)CC(C)(CO)CO. The summed E-state index contributed by atoms with van der Waals surface area (Å²) < 4.78 is 13.6. The van der Waals surface area contributed by atoms with Gasteiger partial charge >= 0.3 is 0 Å². The van der Waals surface area contributed by atoms with Crippen molar-refractivity contribution in [2.75, 3.05) is 26.8 Å². The summed E-state index contributed by atoms with van der Waals surface area (Å²) in [5, 5.41) is 18.6. The number of fused-ring (bicyclic) bond motifs is 1. The zero-order valence-electron chi connectivity index (χ0n) is 11.7. The molecule has 3 N–H and O–H groups in total. The molecular weight excluding hydrogens is 261 g/mol. The topological polar surface area (TPSA) is 72.4 Å². The molecule has 0 aliphatic rings. The molecule has 0 bridgehead atoms. The van der Waals surface area contributed by atoms with E-state index in [1.54, 1.807) is 12.1 Å². The van der Waals surface area contributed by atoms with Crippen molar-refractivity contribution in [1.82, 2.24) is 14.9 Å². The largest absolute Gasteiger partial charge is 0.396 e. The Bertz CT molecular complexity index is 581. The lowest BCUT2D eigenvalue weighted by Crippen LogP contribution is -2.38. The van der Waals surface area contributed by atoms with Crippen LogP contribution >= 0.6 is 0 Å². The second-order valence-electron chi connectivity index (χ2n) is 5.62. The number of aromatic amines is 1. The number of nitrogens with one attached hydrogen (secondary N) is 1. The highest BCUT2D eigenvalue weighted by Gasteiger charge is 2.24. The standard InChI is InChI=1S/C14H20FN3O2/c1-14(8-19,9-20)7-18(2)6-12-16-11-5-3-4-10(15)13(11)17-12/h3-5,19-20H,6-9H2,1-2H3,(H,16,17). The summed E-state index contributed by atoms with van der Waals surface area (Å²) in [6.07, 6.45) is 0. The van der Waals surface area contributed by atoms with Crippen molar-refractivity contribution in [2.45, 2.75) is 13.5 Å². The average molecular weight is 281 g/mol. The monoisotopic (exact) mass is 281 g/mol. The van der Waals surface area contributed by atoms with Crippen molar-refractivity contribution in [2.24, 2.45) is 5.41 Å². The predicted octanol–water partition coefficient (Wildman–Crippen LogP) is 1.12. The molecule has 0 spiro atoms. The summed E-state index contributed by atoms with van der Waals surface area (Å²) in [6, 6.07) is 4.80. The Labute approximate surface area is 117 Å². The third kappa shape index (κ3) is 3.15. The summed E-state index contributed by atoms with van der Waals surface area (Å²) in [5.41, 5.74) is 0.440. The smallest absolute Gasteiger partial charge is 0.151 e. The maximum absolute atomic E-state index is 13.6. The molecule has 1 aromatic heterocycles. The normalized spacial score (nSPS) is 12.5. The van der Waals surface area contributed by atoms with E-state index in [2.05, 4.69) is 9.97 Å². The molecular formula is C14H20FN3O2. The molecule has 0 saturated carbocycles. The van der Waals surface area contributed by atoms with Gasteiger partial charge in [0.25, 0.3) is 0 Å². The number of halogens is 1. The zero-order chi connectivity index (χ0) is 14.8. The highest BCUT2D eigenvalue weighted by atomic mass is 19.1. The molecule has 5 nitrogen and oxygen atoms in total. The van der Waals surface area contributed by atoms with Crippen LogP contribution in [-0.2, 0) is 6.54 Å². The molecule has 0 radical (unpaired) electrons. The van der Waals surface area contributed by atoms with Crippen molar-refractivity contribution in [3.8, 4) is 0 Å². The number of imidazole rings is 1. The average Bonchev–Trinajstić information content (AvgIpc) is 2.82. The van der Waals surface area contributed by atoms with E-state index < -0.39 is 5.41 Å². The highest BCUT2D eigenvalue weighted by molar-refractivity contribution is 5.75. The number of aliphatic hydroxyl groups excluding tert-OH is 2. The molecule has 110 valence electrons. The molecule has 6 heteroatoms. The zero-order valence-corrected chi connectivity index (χ0v) is 11.7. The van der Waals surface area contributed by atoms with Crippen LogP contribution < -0.4 is 0 Å². The van der Waals surface area contributed by atoms with E-state index in [0.717, 1.165) is 0 Å². The van der Waals surface area contributed by atoms with E-state index in [1.165, 1.54) is 6.07 Å². The van der Waals surface area contributed by atoms with Gasteiger partial charge in [0.1, 0.15) is 11.3 Å². The Kier molecular flexibility index (Phi) is 4.37. The number of hydrogen-bond acceptors (Lipinski definition) is 4. The maximum Gasteiger partial charge on any atom is 0.151 e. The number of benzene rings is 1. The molecule has 2 rings (SSSR count). The van der Waals surface area contributed by atoms with Crippen molar-refractivity contribution >= 4 is 11.0 Å². The van der Waals surface area contributed by atoms with Crippen LogP contribution in [0.5, 0.6) is 0 Å². The van der Waals surface area contributed by atoms with Crippen LogP contribution in [0.2, 0.25) is 0 Å². The van der Waals surface area contributed by atoms with Gasteiger partial charge in [0.2, 0.25) is 0 Å². The maximum atomic E-state index is 13.6. The minimum Gasteiger partial charge on any atom is -0.396 e. The first-order chi connectivity index (χ1) is 9.47. The number of para-hydroxylation sites is 1. The minimum atomic E-state index is -0.563. The van der Waals surface area contributed by atoms with Gasteiger partial charge in [0.15, 0.2) is 5.82 Å². The molecule has 0 amide bonds. The Morgan fingerprint density at radius 3 is 2.65 bits per heavy atom. The van der Waals surface area contributed by atoms with E-state index >= 15 is 0 Å². The van der Waals surface area contributed by atoms with Crippen LogP contribution in [0.3, 0.4) is 0 Å². The number of aromatic nitrogens is 2. The summed E-state index contributed by atoms with van der Waals surface area (Å²) >= 11 is 0. The van der Waals surface area contributed by atoms with Gasteiger partial charge in [-0.2, -0.15) is 0 Å². The summed E-state index contributed by atoms with van der Waals surface area (Å²) in [6.45, 7) is 2.62. The highest BCUT2D eigenvalue weighted by Crippen LogP contribution is 2.18. The molecule has 0 unspecified atom stereocenters. The van der Waals surface area contributed by atoms with Crippen LogP contribution in [-0.4, -0.2) is 51.9 Å². The van der Waals surface area contributed by atoms with E-state index in [-0.39, 0.29) is 19.0 Å². The van der Waals surface area contributed by atoms with Crippen molar-refractivity contribution < 1.29 is 14.6 Å². The van der Waals surface area contributed by atoms with Crippen LogP contribution in [0.4, 0.5) is 4.39 Å². The molecule has 1 heterocycles. The first kappa shape index (κ1) is 14.9. The van der Waals surface area contributed by atoms with Crippen LogP contribution in [0.15, 0.2) is 18.2 Å².